The van der Waals surface area contributed by atoms with Crippen molar-refractivity contribution in [3.8, 4) is 33.4 Å². The zero-order chi connectivity index (χ0) is 44.0. The van der Waals surface area contributed by atoms with Gasteiger partial charge in [0, 0.05) is 34.0 Å². The molecule has 12 rings (SSSR count). The van der Waals surface area contributed by atoms with Crippen LogP contribution in [0.25, 0.3) is 44.5 Å². The molecule has 6 aromatic carbocycles. The predicted molar refractivity (Wildman–Crippen MR) is 283 cm³/mol. The zero-order valence-corrected chi connectivity index (χ0v) is 38.0. The third-order valence-electron chi connectivity index (χ3n) is 14.9. The van der Waals surface area contributed by atoms with Crippen molar-refractivity contribution in [3.63, 3.8) is 0 Å². The van der Waals surface area contributed by atoms with Crippen molar-refractivity contribution < 1.29 is 0 Å². The van der Waals surface area contributed by atoms with Gasteiger partial charge in [-0.15, -0.1) is 0 Å². The number of nitrogens with zero attached hydrogens (tertiary/aromatic N) is 1. The van der Waals surface area contributed by atoms with Crippen LogP contribution in [0.4, 0.5) is 17.1 Å². The van der Waals surface area contributed by atoms with Crippen molar-refractivity contribution in [2.45, 2.75) is 64.7 Å². The van der Waals surface area contributed by atoms with Gasteiger partial charge in [0.05, 0.1) is 0 Å². The van der Waals surface area contributed by atoms with Gasteiger partial charge in [-0.25, -0.2) is 0 Å². The number of fused-ring (bicyclic) bond motifs is 7. The molecule has 0 aromatic heterocycles. The van der Waals surface area contributed by atoms with Crippen molar-refractivity contribution in [2.75, 3.05) is 10.2 Å². The third kappa shape index (κ3) is 7.41. The van der Waals surface area contributed by atoms with Crippen LogP contribution in [0.3, 0.4) is 0 Å². The van der Waals surface area contributed by atoms with Crippen LogP contribution in [-0.2, 0) is 12.8 Å². The van der Waals surface area contributed by atoms with Crippen molar-refractivity contribution in [3.05, 3.63) is 238 Å². The van der Waals surface area contributed by atoms with E-state index < -0.39 is 0 Å². The van der Waals surface area contributed by atoms with Gasteiger partial charge in [-0.2, -0.15) is 0 Å². The van der Waals surface area contributed by atoms with Crippen molar-refractivity contribution in [1.29, 1.82) is 0 Å². The fraction of sp³-hybridized carbons (Fsp3) is 0.175. The average molecular weight is 851 g/mol. The molecule has 2 nitrogen and oxygen atoms in total. The van der Waals surface area contributed by atoms with E-state index in [4.69, 9.17) is 0 Å². The number of hydrogen-bond acceptors (Lipinski definition) is 2. The minimum Gasteiger partial charge on any atom is -0.355 e. The lowest BCUT2D eigenvalue weighted by Crippen LogP contribution is -2.41. The van der Waals surface area contributed by atoms with Gasteiger partial charge in [-0.1, -0.05) is 164 Å². The van der Waals surface area contributed by atoms with Gasteiger partial charge < -0.3 is 10.2 Å². The Kier molecular flexibility index (Phi) is 10.6. The van der Waals surface area contributed by atoms with Crippen LogP contribution in [0.5, 0.6) is 0 Å². The molecule has 6 aromatic rings. The summed E-state index contributed by atoms with van der Waals surface area (Å²) in [7, 11) is 0.887. The maximum absolute atomic E-state index is 3.99. The van der Waals surface area contributed by atoms with E-state index in [-0.39, 0.29) is 0 Å². The van der Waals surface area contributed by atoms with E-state index in [1.807, 2.05) is 0 Å². The highest BCUT2D eigenvalue weighted by Gasteiger charge is 2.38. The van der Waals surface area contributed by atoms with Crippen LogP contribution >= 0.6 is 0 Å². The largest absolute Gasteiger partial charge is 0.355 e. The lowest BCUT2D eigenvalue weighted by Gasteiger charge is -2.44. The molecule has 2 heterocycles. The van der Waals surface area contributed by atoms with Gasteiger partial charge in [0.25, 0.3) is 0 Å². The first-order chi connectivity index (χ1) is 32.7. The van der Waals surface area contributed by atoms with E-state index in [0.717, 1.165) is 76.4 Å². The Bertz CT molecular complexity index is 3150. The van der Waals surface area contributed by atoms with Gasteiger partial charge in [-0.3, -0.25) is 0 Å². The first-order valence-corrected chi connectivity index (χ1v) is 24.4. The van der Waals surface area contributed by atoms with E-state index in [9.17, 15) is 0 Å². The summed E-state index contributed by atoms with van der Waals surface area (Å²) in [5.74, 6) is 0.376. The fourth-order valence-electron chi connectivity index (χ4n) is 11.7. The van der Waals surface area contributed by atoms with E-state index in [2.05, 4.69) is 205 Å². The molecule has 0 fully saturated rings. The molecular formula is C63H55BN2. The van der Waals surface area contributed by atoms with E-state index in [1.165, 1.54) is 106 Å². The summed E-state index contributed by atoms with van der Waals surface area (Å²) in [5, 5.41) is 3.99. The van der Waals surface area contributed by atoms with Gasteiger partial charge >= 0.3 is 0 Å². The Balaban J connectivity index is 1.11. The molecule has 4 aliphatic carbocycles. The summed E-state index contributed by atoms with van der Waals surface area (Å²) in [6.45, 7) is 2.39. The van der Waals surface area contributed by atoms with Crippen LogP contribution < -0.4 is 15.7 Å². The van der Waals surface area contributed by atoms with Crippen molar-refractivity contribution >= 4 is 41.0 Å². The fourth-order valence-corrected chi connectivity index (χ4v) is 11.7. The highest BCUT2D eigenvalue weighted by Crippen LogP contribution is 2.50. The molecule has 4 bridgehead atoms. The maximum atomic E-state index is 3.99. The Morgan fingerprint density at radius 2 is 1.41 bits per heavy atom. The van der Waals surface area contributed by atoms with Crippen LogP contribution in [0.15, 0.2) is 216 Å². The monoisotopic (exact) mass is 850 g/mol. The standard InChI is InChI=1S/C63H55BN2/c1-2-53-56-41-58(57-39-47(43-19-9-4-10-20-43)29-35-60(57)65-51-31-27-45(28-32-51)42-17-7-3-8-18-42)62-63(53)66(61-36-30-48(40-59(61)64-62)44-21-11-5-12-22-44)52-33-34-54(46-23-13-6-14-24-46)50(38-52)37-49-25-15-16-26-55(49)56/h3-5,7-9,11-13,15-19,21-29,31-35,39-41,50,64-65H,2,6,10,14,20,30,36-38H2,1H3. The second-order valence-corrected chi connectivity index (χ2v) is 18.8. The maximum Gasteiger partial charge on any atom is 0.198 e. The minimum atomic E-state index is 0.376. The molecule has 6 aliphatic rings. The summed E-state index contributed by atoms with van der Waals surface area (Å²) in [6.07, 6.45) is 31.0. The van der Waals surface area contributed by atoms with Gasteiger partial charge in [0.1, 0.15) is 0 Å². The number of rotatable bonds is 8. The normalized spacial score (nSPS) is 18.2. The van der Waals surface area contributed by atoms with Crippen LogP contribution in [-0.4, -0.2) is 7.28 Å². The molecule has 0 saturated carbocycles. The molecule has 1 unspecified atom stereocenters. The highest BCUT2D eigenvalue weighted by molar-refractivity contribution is 6.67. The molecule has 0 saturated heterocycles. The summed E-state index contributed by atoms with van der Waals surface area (Å²) in [6, 6.07) is 49.9. The third-order valence-corrected chi connectivity index (χ3v) is 14.9. The number of nitrogens with one attached hydrogen (secondary N) is 1. The molecule has 3 heteroatoms. The second kappa shape index (κ2) is 17.4. The summed E-state index contributed by atoms with van der Waals surface area (Å²) >= 11 is 0. The van der Waals surface area contributed by atoms with Gasteiger partial charge in [0.15, 0.2) is 7.28 Å². The summed E-state index contributed by atoms with van der Waals surface area (Å²) < 4.78 is 0. The van der Waals surface area contributed by atoms with Crippen molar-refractivity contribution in [1.82, 2.24) is 0 Å². The molecule has 1 atom stereocenters. The van der Waals surface area contributed by atoms with Crippen LogP contribution in [0.1, 0.15) is 74.1 Å². The van der Waals surface area contributed by atoms with E-state index in [1.54, 1.807) is 0 Å². The van der Waals surface area contributed by atoms with Gasteiger partial charge in [0.2, 0.25) is 0 Å². The molecule has 0 amide bonds. The molecule has 320 valence electrons. The Morgan fingerprint density at radius 3 is 2.20 bits per heavy atom. The first kappa shape index (κ1) is 40.4. The average Bonchev–Trinajstić information content (AvgIpc) is 3.39. The predicted octanol–water partition coefficient (Wildman–Crippen LogP) is 15.4. The lowest BCUT2D eigenvalue weighted by molar-refractivity contribution is 0.591. The quantitative estimate of drug-likeness (QED) is 0.154. The second-order valence-electron chi connectivity index (χ2n) is 18.8. The minimum absolute atomic E-state index is 0.376. The molecule has 2 aliphatic heterocycles. The number of hydrogen-bond donors (Lipinski definition) is 1. The number of benzene rings is 6. The summed E-state index contributed by atoms with van der Waals surface area (Å²) in [5.41, 5.74) is 28.5. The van der Waals surface area contributed by atoms with Crippen LogP contribution in [0, 0.1) is 5.92 Å². The molecule has 0 spiro atoms. The first-order valence-electron chi connectivity index (χ1n) is 24.4. The SMILES string of the molecule is CCc1c2cc(-c3cc(C4=CC=CCC4)ccc3Nc3ccc(-c4ccccc4)cc3)c3c1N(C1=CC=C(C4=CCCC=C4)C(C1)Cc1ccccc1-2)C1=C(B3)C=C(c2ccccc2)CC1. The molecule has 66 heavy (non-hydrogen) atoms. The summed E-state index contributed by atoms with van der Waals surface area (Å²) in [4.78, 5) is 2.80. The number of anilines is 3. The van der Waals surface area contributed by atoms with Gasteiger partial charge in [-0.05, 0) is 178 Å². The van der Waals surface area contributed by atoms with E-state index >= 15 is 0 Å². The Morgan fingerprint density at radius 1 is 0.621 bits per heavy atom. The van der Waals surface area contributed by atoms with E-state index in [0.29, 0.717) is 5.92 Å². The lowest BCUT2D eigenvalue weighted by atomic mass is 9.55. The topological polar surface area (TPSA) is 15.3 Å². The van der Waals surface area contributed by atoms with Crippen molar-refractivity contribution in [2.24, 2.45) is 5.92 Å². The highest BCUT2D eigenvalue weighted by atomic mass is 15.2. The number of allylic oxidation sites excluding steroid dienone is 16. The van der Waals surface area contributed by atoms with Crippen LogP contribution in [0.2, 0.25) is 0 Å². The Hall–Kier alpha value is -7.10. The smallest absolute Gasteiger partial charge is 0.198 e. The molecule has 0 radical (unpaired) electrons. The molecular weight excluding hydrogens is 796 g/mol. The molecule has 1 N–H and O–H groups in total. The Labute approximate surface area is 391 Å². The zero-order valence-electron chi connectivity index (χ0n) is 38.0.